The zero-order valence-electron chi connectivity index (χ0n) is 13.3. The molecule has 0 bridgehead atoms. The Bertz CT molecular complexity index is 727. The molecule has 3 rings (SSSR count). The normalized spacial score (nSPS) is 15.5. The molecular weight excluding hydrogens is 367 g/mol. The molecule has 24 heavy (non-hydrogen) atoms. The van der Waals surface area contributed by atoms with Crippen LogP contribution in [0.4, 0.5) is 0 Å². The molecule has 1 amide bonds. The van der Waals surface area contributed by atoms with E-state index in [0.717, 1.165) is 41.0 Å². The van der Waals surface area contributed by atoms with Crippen LogP contribution < -0.4 is 4.74 Å². The van der Waals surface area contributed by atoms with Gasteiger partial charge in [0.15, 0.2) is 6.61 Å². The van der Waals surface area contributed by atoms with Crippen molar-refractivity contribution < 1.29 is 9.53 Å². The third-order valence-corrected chi connectivity index (χ3v) is 5.45. The number of halogens is 2. The summed E-state index contributed by atoms with van der Waals surface area (Å²) in [4.78, 5) is 17.3. The number of benzene rings is 1. The van der Waals surface area contributed by atoms with Crippen molar-refractivity contribution in [1.82, 2.24) is 9.80 Å². The van der Waals surface area contributed by atoms with Crippen molar-refractivity contribution in [1.29, 1.82) is 0 Å². The quantitative estimate of drug-likeness (QED) is 0.801. The minimum atomic E-state index is 0.00351. The number of ether oxygens (including phenoxy) is 1. The first kappa shape index (κ1) is 17.5. The van der Waals surface area contributed by atoms with Gasteiger partial charge in [0.1, 0.15) is 5.75 Å². The highest BCUT2D eigenvalue weighted by molar-refractivity contribution is 7.19. The molecule has 1 aromatic carbocycles. The summed E-state index contributed by atoms with van der Waals surface area (Å²) in [6.07, 6.45) is 0. The molecule has 4 nitrogen and oxygen atoms in total. The maximum absolute atomic E-state index is 12.3. The molecule has 7 heteroatoms. The van der Waals surface area contributed by atoms with E-state index in [4.69, 9.17) is 27.9 Å². The predicted octanol–water partition coefficient (Wildman–Crippen LogP) is 3.87. The fraction of sp³-hybridized carbons (Fsp3) is 0.353. The van der Waals surface area contributed by atoms with Crippen LogP contribution in [0.5, 0.6) is 5.75 Å². The molecule has 0 radical (unpaired) electrons. The summed E-state index contributed by atoms with van der Waals surface area (Å²) in [6.45, 7) is 3.30. The van der Waals surface area contributed by atoms with Gasteiger partial charge in [-0.25, -0.2) is 0 Å². The van der Waals surface area contributed by atoms with Crippen molar-refractivity contribution >= 4 is 40.4 Å². The molecular formula is C17H18Cl2N2O2S. The van der Waals surface area contributed by atoms with E-state index in [1.54, 1.807) is 6.07 Å². The highest BCUT2D eigenvalue weighted by Crippen LogP contribution is 2.34. The number of carbonyl (C=O) groups is 1. The van der Waals surface area contributed by atoms with Gasteiger partial charge in [-0.1, -0.05) is 23.2 Å². The van der Waals surface area contributed by atoms with E-state index in [1.165, 1.54) is 11.3 Å². The highest BCUT2D eigenvalue weighted by atomic mass is 35.5. The fourth-order valence-electron chi connectivity index (χ4n) is 2.55. The van der Waals surface area contributed by atoms with Crippen LogP contribution in [-0.4, -0.2) is 55.5 Å². The van der Waals surface area contributed by atoms with Crippen molar-refractivity contribution in [2.24, 2.45) is 0 Å². The lowest BCUT2D eigenvalue weighted by Gasteiger charge is -2.32. The Morgan fingerprint density at radius 3 is 2.58 bits per heavy atom. The van der Waals surface area contributed by atoms with Gasteiger partial charge in [-0.3, -0.25) is 4.79 Å². The van der Waals surface area contributed by atoms with Crippen LogP contribution in [0.2, 0.25) is 9.36 Å². The van der Waals surface area contributed by atoms with E-state index in [2.05, 4.69) is 11.9 Å². The molecule has 1 aliphatic heterocycles. The van der Waals surface area contributed by atoms with Gasteiger partial charge < -0.3 is 14.5 Å². The second-order valence-electron chi connectivity index (χ2n) is 5.75. The van der Waals surface area contributed by atoms with E-state index in [9.17, 15) is 4.79 Å². The number of piperazine rings is 1. The summed E-state index contributed by atoms with van der Waals surface area (Å²) in [5.41, 5.74) is 0.932. The van der Waals surface area contributed by atoms with Crippen molar-refractivity contribution in [3.05, 3.63) is 39.7 Å². The van der Waals surface area contributed by atoms with E-state index in [1.807, 2.05) is 29.2 Å². The highest BCUT2D eigenvalue weighted by Gasteiger charge is 2.19. The molecule has 0 aliphatic carbocycles. The van der Waals surface area contributed by atoms with Gasteiger partial charge in [0.2, 0.25) is 0 Å². The second-order valence-corrected chi connectivity index (χ2v) is 7.90. The first-order chi connectivity index (χ1) is 11.5. The Kier molecular flexibility index (Phi) is 5.66. The molecule has 0 saturated carbocycles. The Morgan fingerprint density at radius 2 is 1.92 bits per heavy atom. The van der Waals surface area contributed by atoms with Crippen LogP contribution in [0.25, 0.3) is 10.4 Å². The van der Waals surface area contributed by atoms with Crippen LogP contribution in [-0.2, 0) is 4.79 Å². The van der Waals surface area contributed by atoms with Gasteiger partial charge in [0.25, 0.3) is 5.91 Å². The molecule has 1 aromatic heterocycles. The van der Waals surface area contributed by atoms with Gasteiger partial charge >= 0.3 is 0 Å². The summed E-state index contributed by atoms with van der Waals surface area (Å²) in [6, 6.07) is 9.25. The number of hydrogen-bond acceptors (Lipinski definition) is 4. The van der Waals surface area contributed by atoms with Crippen LogP contribution >= 0.6 is 34.5 Å². The van der Waals surface area contributed by atoms with E-state index in [0.29, 0.717) is 10.8 Å². The Balaban J connectivity index is 1.65. The number of carbonyl (C=O) groups excluding carboxylic acids is 1. The van der Waals surface area contributed by atoms with E-state index < -0.39 is 0 Å². The van der Waals surface area contributed by atoms with Gasteiger partial charge in [-0.15, -0.1) is 11.3 Å². The second kappa shape index (κ2) is 7.74. The van der Waals surface area contributed by atoms with Gasteiger partial charge in [0, 0.05) is 36.1 Å². The first-order valence-electron chi connectivity index (χ1n) is 7.67. The lowest BCUT2D eigenvalue weighted by atomic mass is 10.2. The minimum Gasteiger partial charge on any atom is -0.484 e. The SMILES string of the molecule is CN1CCN(C(=O)COc2cc(Cl)cc(-c3ccc(Cl)s3)c2)CC1. The van der Waals surface area contributed by atoms with Crippen molar-refractivity contribution in [3.63, 3.8) is 0 Å². The topological polar surface area (TPSA) is 32.8 Å². The Morgan fingerprint density at radius 1 is 1.17 bits per heavy atom. The molecule has 128 valence electrons. The van der Waals surface area contributed by atoms with Gasteiger partial charge in [-0.2, -0.15) is 0 Å². The Labute approximate surface area is 155 Å². The van der Waals surface area contributed by atoms with Crippen molar-refractivity contribution in [2.75, 3.05) is 39.8 Å². The van der Waals surface area contributed by atoms with E-state index in [-0.39, 0.29) is 12.5 Å². The molecule has 1 aliphatic rings. The molecule has 2 heterocycles. The number of hydrogen-bond donors (Lipinski definition) is 0. The standard InChI is InChI=1S/C17H18Cl2N2O2S/c1-20-4-6-21(7-5-20)17(22)11-23-14-9-12(8-13(18)10-14)15-2-3-16(19)24-15/h2-3,8-10H,4-7,11H2,1H3. The lowest BCUT2D eigenvalue weighted by molar-refractivity contribution is -0.134. The number of thiophene rings is 1. The number of amides is 1. The zero-order chi connectivity index (χ0) is 17.1. The number of nitrogens with zero attached hydrogens (tertiary/aromatic N) is 2. The Hall–Kier alpha value is -1.27. The van der Waals surface area contributed by atoms with Gasteiger partial charge in [0.05, 0.1) is 4.34 Å². The average molecular weight is 385 g/mol. The molecule has 0 spiro atoms. The lowest BCUT2D eigenvalue weighted by Crippen LogP contribution is -2.48. The summed E-state index contributed by atoms with van der Waals surface area (Å²) in [5, 5.41) is 0.569. The largest absolute Gasteiger partial charge is 0.484 e. The maximum atomic E-state index is 12.3. The molecule has 2 aromatic rings. The predicted molar refractivity (Wildman–Crippen MR) is 99.3 cm³/mol. The molecule has 1 saturated heterocycles. The smallest absolute Gasteiger partial charge is 0.260 e. The van der Waals surface area contributed by atoms with Crippen LogP contribution in [0, 0.1) is 0 Å². The maximum Gasteiger partial charge on any atom is 0.260 e. The van der Waals surface area contributed by atoms with Gasteiger partial charge in [-0.05, 0) is 42.9 Å². The number of rotatable bonds is 4. The molecule has 1 fully saturated rings. The summed E-state index contributed by atoms with van der Waals surface area (Å²) in [5.74, 6) is 0.591. The minimum absolute atomic E-state index is 0.00351. The molecule has 0 N–H and O–H groups in total. The van der Waals surface area contributed by atoms with Crippen molar-refractivity contribution in [2.45, 2.75) is 0 Å². The summed E-state index contributed by atoms with van der Waals surface area (Å²) < 4.78 is 6.40. The zero-order valence-corrected chi connectivity index (χ0v) is 15.6. The number of likely N-dealkylation sites (N-methyl/N-ethyl adjacent to an activating group) is 1. The van der Waals surface area contributed by atoms with Crippen LogP contribution in [0.1, 0.15) is 0 Å². The van der Waals surface area contributed by atoms with E-state index >= 15 is 0 Å². The average Bonchev–Trinajstić information content (AvgIpc) is 2.99. The summed E-state index contributed by atoms with van der Waals surface area (Å²) >= 11 is 13.6. The monoisotopic (exact) mass is 384 g/mol. The first-order valence-corrected chi connectivity index (χ1v) is 9.24. The van der Waals surface area contributed by atoms with Crippen LogP contribution in [0.15, 0.2) is 30.3 Å². The van der Waals surface area contributed by atoms with Crippen molar-refractivity contribution in [3.8, 4) is 16.2 Å². The fourth-order valence-corrected chi connectivity index (χ4v) is 3.81. The molecule has 0 unspecified atom stereocenters. The molecule has 0 atom stereocenters. The van der Waals surface area contributed by atoms with Crippen LogP contribution in [0.3, 0.4) is 0 Å². The third kappa shape index (κ3) is 4.42. The third-order valence-electron chi connectivity index (χ3n) is 3.95. The summed E-state index contributed by atoms with van der Waals surface area (Å²) in [7, 11) is 2.06.